The lowest BCUT2D eigenvalue weighted by atomic mass is 9.96. The number of hydrogen-bond acceptors (Lipinski definition) is 1. The summed E-state index contributed by atoms with van der Waals surface area (Å²) in [6, 6.07) is 19.1. The van der Waals surface area contributed by atoms with Gasteiger partial charge in [-0.2, -0.15) is 0 Å². The van der Waals surface area contributed by atoms with Gasteiger partial charge in [-0.05, 0) is 16.7 Å². The molecule has 94 valence electrons. The van der Waals surface area contributed by atoms with Crippen LogP contribution in [0.25, 0.3) is 11.1 Å². The minimum atomic E-state index is 0.277. The zero-order valence-electron chi connectivity index (χ0n) is 10.9. The highest BCUT2D eigenvalue weighted by molar-refractivity contribution is 5.64. The van der Waals surface area contributed by atoms with Crippen LogP contribution in [0.3, 0.4) is 0 Å². The highest BCUT2D eigenvalue weighted by atomic mass is 14.9. The van der Waals surface area contributed by atoms with Crippen LogP contribution in [0.5, 0.6) is 0 Å². The first kappa shape index (κ1) is 11.7. The Morgan fingerprint density at radius 1 is 0.947 bits per heavy atom. The number of imidazole rings is 1. The smallest absolute Gasteiger partial charge is 0.113 e. The average molecular weight is 248 g/mol. The predicted octanol–water partition coefficient (Wildman–Crippen LogP) is 4.23. The van der Waals surface area contributed by atoms with Gasteiger partial charge in [-0.1, -0.05) is 61.5 Å². The number of rotatable bonds is 3. The molecule has 0 saturated carbocycles. The van der Waals surface area contributed by atoms with Crippen molar-refractivity contribution in [1.82, 2.24) is 9.97 Å². The Morgan fingerprint density at radius 2 is 1.74 bits per heavy atom. The normalized spacial score (nSPS) is 12.3. The van der Waals surface area contributed by atoms with Gasteiger partial charge in [-0.15, -0.1) is 0 Å². The average Bonchev–Trinajstić information content (AvgIpc) is 3.02. The van der Waals surface area contributed by atoms with Crippen LogP contribution in [0.4, 0.5) is 0 Å². The molecule has 2 heteroatoms. The molecule has 3 rings (SSSR count). The Balaban J connectivity index is 1.97. The second kappa shape index (κ2) is 5.11. The number of hydrogen-bond donors (Lipinski definition) is 1. The summed E-state index contributed by atoms with van der Waals surface area (Å²) in [5, 5.41) is 0. The third kappa shape index (κ3) is 2.43. The summed E-state index contributed by atoms with van der Waals surface area (Å²) in [6.07, 6.45) is 3.67. The van der Waals surface area contributed by atoms with Gasteiger partial charge in [-0.25, -0.2) is 4.98 Å². The molecule has 2 aromatic carbocycles. The molecule has 1 aromatic heterocycles. The molecule has 1 N–H and O–H groups in total. The molecule has 0 fully saturated rings. The van der Waals surface area contributed by atoms with E-state index in [2.05, 4.69) is 65.4 Å². The molecule has 2 nitrogen and oxygen atoms in total. The third-order valence-corrected chi connectivity index (χ3v) is 3.42. The minimum absolute atomic E-state index is 0.277. The third-order valence-electron chi connectivity index (χ3n) is 3.42. The Morgan fingerprint density at radius 3 is 2.47 bits per heavy atom. The van der Waals surface area contributed by atoms with Gasteiger partial charge >= 0.3 is 0 Å². The topological polar surface area (TPSA) is 28.7 Å². The van der Waals surface area contributed by atoms with Gasteiger partial charge in [0.2, 0.25) is 0 Å². The molecule has 0 aliphatic heterocycles. The molecule has 0 bridgehead atoms. The maximum atomic E-state index is 4.34. The monoisotopic (exact) mass is 248 g/mol. The zero-order valence-corrected chi connectivity index (χ0v) is 10.9. The van der Waals surface area contributed by atoms with Crippen LogP contribution in [0, 0.1) is 0 Å². The second-order valence-corrected chi connectivity index (χ2v) is 4.69. The summed E-state index contributed by atoms with van der Waals surface area (Å²) in [6.45, 7) is 2.17. The van der Waals surface area contributed by atoms with E-state index in [0.29, 0.717) is 0 Å². The summed E-state index contributed by atoms with van der Waals surface area (Å²) in [7, 11) is 0. The molecular weight excluding hydrogens is 232 g/mol. The van der Waals surface area contributed by atoms with Crippen molar-refractivity contribution in [3.8, 4) is 11.1 Å². The minimum Gasteiger partial charge on any atom is -0.348 e. The van der Waals surface area contributed by atoms with E-state index >= 15 is 0 Å². The van der Waals surface area contributed by atoms with Crippen molar-refractivity contribution in [2.75, 3.05) is 0 Å². The van der Waals surface area contributed by atoms with E-state index in [1.54, 1.807) is 6.20 Å². The Bertz CT molecular complexity index is 642. The van der Waals surface area contributed by atoms with Gasteiger partial charge in [-0.3, -0.25) is 0 Å². The van der Waals surface area contributed by atoms with Crippen LogP contribution in [-0.4, -0.2) is 9.97 Å². The van der Waals surface area contributed by atoms with E-state index in [1.807, 2.05) is 12.3 Å². The molecule has 0 aliphatic rings. The van der Waals surface area contributed by atoms with Crippen LogP contribution < -0.4 is 0 Å². The molecule has 19 heavy (non-hydrogen) atoms. The number of aromatic nitrogens is 2. The summed E-state index contributed by atoms with van der Waals surface area (Å²) in [5.74, 6) is 1.28. The predicted molar refractivity (Wildman–Crippen MR) is 78.0 cm³/mol. The van der Waals surface area contributed by atoms with Crippen molar-refractivity contribution in [3.63, 3.8) is 0 Å². The molecule has 0 amide bonds. The highest BCUT2D eigenvalue weighted by Crippen LogP contribution is 2.26. The van der Waals surface area contributed by atoms with Crippen LogP contribution >= 0.6 is 0 Å². The lowest BCUT2D eigenvalue weighted by Crippen LogP contribution is -1.98. The first-order chi connectivity index (χ1) is 9.34. The van der Waals surface area contributed by atoms with Crippen molar-refractivity contribution in [3.05, 3.63) is 78.4 Å². The summed E-state index contributed by atoms with van der Waals surface area (Å²) in [4.78, 5) is 7.52. The molecule has 1 heterocycles. The summed E-state index contributed by atoms with van der Waals surface area (Å²) in [5.41, 5.74) is 3.77. The van der Waals surface area contributed by atoms with E-state index in [4.69, 9.17) is 0 Å². The summed E-state index contributed by atoms with van der Waals surface area (Å²) < 4.78 is 0. The fourth-order valence-corrected chi connectivity index (χ4v) is 2.29. The molecule has 1 atom stereocenters. The SMILES string of the molecule is C[C@@H](c1cccc(-c2ccccc2)c1)c1ncc[nH]1. The van der Waals surface area contributed by atoms with E-state index in [9.17, 15) is 0 Å². The van der Waals surface area contributed by atoms with Crippen molar-refractivity contribution >= 4 is 0 Å². The maximum Gasteiger partial charge on any atom is 0.113 e. The second-order valence-electron chi connectivity index (χ2n) is 4.69. The van der Waals surface area contributed by atoms with Gasteiger partial charge in [0.1, 0.15) is 5.82 Å². The van der Waals surface area contributed by atoms with Crippen LogP contribution in [0.2, 0.25) is 0 Å². The Kier molecular flexibility index (Phi) is 3.15. The van der Waals surface area contributed by atoms with E-state index in [0.717, 1.165) is 5.82 Å². The lowest BCUT2D eigenvalue weighted by Gasteiger charge is -2.11. The van der Waals surface area contributed by atoms with Crippen LogP contribution in [0.1, 0.15) is 24.2 Å². The fourth-order valence-electron chi connectivity index (χ4n) is 2.29. The standard InChI is InChI=1S/C17H16N2/c1-13(17-18-10-11-19-17)15-8-5-9-16(12-15)14-6-3-2-4-7-14/h2-13H,1H3,(H,18,19)/t13-/m0/s1. The molecule has 0 unspecified atom stereocenters. The number of benzene rings is 2. The molecule has 0 radical (unpaired) electrons. The van der Waals surface area contributed by atoms with Crippen LogP contribution in [-0.2, 0) is 0 Å². The first-order valence-electron chi connectivity index (χ1n) is 6.49. The van der Waals surface area contributed by atoms with Gasteiger partial charge in [0.15, 0.2) is 0 Å². The number of nitrogens with one attached hydrogen (secondary N) is 1. The number of nitrogens with zero attached hydrogens (tertiary/aromatic N) is 1. The Hall–Kier alpha value is -2.35. The molecular formula is C17H16N2. The molecule has 3 aromatic rings. The fraction of sp³-hybridized carbons (Fsp3) is 0.118. The van der Waals surface area contributed by atoms with Crippen molar-refractivity contribution in [2.24, 2.45) is 0 Å². The van der Waals surface area contributed by atoms with E-state index in [-0.39, 0.29) is 5.92 Å². The largest absolute Gasteiger partial charge is 0.348 e. The number of H-pyrrole nitrogens is 1. The van der Waals surface area contributed by atoms with Gasteiger partial charge in [0.05, 0.1) is 0 Å². The molecule has 0 saturated heterocycles. The quantitative estimate of drug-likeness (QED) is 0.738. The lowest BCUT2D eigenvalue weighted by molar-refractivity contribution is 0.840. The maximum absolute atomic E-state index is 4.34. The highest BCUT2D eigenvalue weighted by Gasteiger charge is 2.11. The number of aromatic amines is 1. The van der Waals surface area contributed by atoms with Crippen molar-refractivity contribution in [2.45, 2.75) is 12.8 Å². The van der Waals surface area contributed by atoms with Crippen LogP contribution in [0.15, 0.2) is 67.0 Å². The van der Waals surface area contributed by atoms with E-state index in [1.165, 1.54) is 16.7 Å². The van der Waals surface area contributed by atoms with Gasteiger partial charge < -0.3 is 4.98 Å². The summed E-state index contributed by atoms with van der Waals surface area (Å²) >= 11 is 0. The molecule has 0 aliphatic carbocycles. The van der Waals surface area contributed by atoms with Gasteiger partial charge in [0.25, 0.3) is 0 Å². The zero-order chi connectivity index (χ0) is 13.1. The Labute approximate surface area is 113 Å². The first-order valence-corrected chi connectivity index (χ1v) is 6.49. The van der Waals surface area contributed by atoms with E-state index < -0.39 is 0 Å². The van der Waals surface area contributed by atoms with Crippen molar-refractivity contribution < 1.29 is 0 Å². The molecule has 0 spiro atoms. The van der Waals surface area contributed by atoms with Crippen molar-refractivity contribution in [1.29, 1.82) is 0 Å². The van der Waals surface area contributed by atoms with Gasteiger partial charge in [0, 0.05) is 18.3 Å².